The van der Waals surface area contributed by atoms with E-state index in [1.807, 2.05) is 55.5 Å². The van der Waals surface area contributed by atoms with Crippen molar-refractivity contribution in [1.29, 1.82) is 0 Å². The van der Waals surface area contributed by atoms with Gasteiger partial charge in [0.1, 0.15) is 5.52 Å². The number of nitrogens with zero attached hydrogens (tertiary/aromatic N) is 1. The lowest BCUT2D eigenvalue weighted by atomic mass is 10.2. The number of aromatic nitrogens is 1. The van der Waals surface area contributed by atoms with Gasteiger partial charge in [0.25, 0.3) is 0 Å². The number of para-hydroxylation sites is 2. The van der Waals surface area contributed by atoms with Crippen LogP contribution in [0.3, 0.4) is 0 Å². The van der Waals surface area contributed by atoms with Crippen molar-refractivity contribution >= 4 is 40.0 Å². The van der Waals surface area contributed by atoms with E-state index in [4.69, 9.17) is 16.6 Å². The van der Waals surface area contributed by atoms with Gasteiger partial charge < -0.3 is 15.1 Å². The summed E-state index contributed by atoms with van der Waals surface area (Å²) in [6.07, 6.45) is 1.24. The minimum Gasteiger partial charge on any atom is -0.436 e. The van der Waals surface area contributed by atoms with Crippen LogP contribution < -0.4 is 10.6 Å². The lowest BCUT2D eigenvalue weighted by Gasteiger charge is -2.09. The Labute approximate surface area is 145 Å². The van der Waals surface area contributed by atoms with Gasteiger partial charge in [-0.2, -0.15) is 0 Å². The summed E-state index contributed by atoms with van der Waals surface area (Å²) in [7, 11) is 0. The SMILES string of the molecule is CCCC(=O)NC(=S)Nc1ccc(-c2nc3ccccc3o2)cc1. The molecular weight excluding hydrogens is 322 g/mol. The Morgan fingerprint density at radius 2 is 1.92 bits per heavy atom. The van der Waals surface area contributed by atoms with E-state index < -0.39 is 0 Å². The first-order valence-electron chi connectivity index (χ1n) is 7.72. The molecule has 2 aromatic carbocycles. The lowest BCUT2D eigenvalue weighted by molar-refractivity contribution is -0.119. The number of nitrogens with one attached hydrogen (secondary N) is 2. The number of fused-ring (bicyclic) bond motifs is 1. The highest BCUT2D eigenvalue weighted by atomic mass is 32.1. The maximum Gasteiger partial charge on any atom is 0.227 e. The molecular formula is C18H17N3O2S. The molecule has 0 atom stereocenters. The first kappa shape index (κ1) is 16.1. The van der Waals surface area contributed by atoms with Crippen LogP contribution in [-0.4, -0.2) is 16.0 Å². The minimum atomic E-state index is -0.0851. The molecule has 24 heavy (non-hydrogen) atoms. The Morgan fingerprint density at radius 1 is 1.17 bits per heavy atom. The molecule has 1 heterocycles. The van der Waals surface area contributed by atoms with Crippen molar-refractivity contribution in [2.75, 3.05) is 5.32 Å². The summed E-state index contributed by atoms with van der Waals surface area (Å²) in [4.78, 5) is 16.0. The van der Waals surface area contributed by atoms with Gasteiger partial charge in [0.15, 0.2) is 10.7 Å². The Balaban J connectivity index is 1.69. The maximum absolute atomic E-state index is 11.5. The van der Waals surface area contributed by atoms with Crippen molar-refractivity contribution in [3.63, 3.8) is 0 Å². The molecule has 0 saturated heterocycles. The molecule has 2 N–H and O–H groups in total. The molecule has 0 aliphatic carbocycles. The van der Waals surface area contributed by atoms with Gasteiger partial charge in [-0.1, -0.05) is 19.1 Å². The van der Waals surface area contributed by atoms with E-state index in [9.17, 15) is 4.79 Å². The molecule has 0 unspecified atom stereocenters. The fraction of sp³-hybridized carbons (Fsp3) is 0.167. The summed E-state index contributed by atoms with van der Waals surface area (Å²) in [5.41, 5.74) is 3.25. The van der Waals surface area contributed by atoms with Gasteiger partial charge in [0, 0.05) is 17.7 Å². The first-order valence-corrected chi connectivity index (χ1v) is 8.13. The van der Waals surface area contributed by atoms with E-state index in [0.29, 0.717) is 17.4 Å². The Kier molecular flexibility index (Phi) is 4.86. The zero-order valence-corrected chi connectivity index (χ0v) is 14.0. The van der Waals surface area contributed by atoms with Crippen LogP contribution in [0, 0.1) is 0 Å². The highest BCUT2D eigenvalue weighted by Gasteiger charge is 2.08. The molecule has 3 rings (SSSR count). The number of thiocarbonyl (C=S) groups is 1. The molecule has 1 aromatic heterocycles. The Hall–Kier alpha value is -2.73. The number of amides is 1. The van der Waals surface area contributed by atoms with Crippen molar-refractivity contribution in [1.82, 2.24) is 10.3 Å². The van der Waals surface area contributed by atoms with Crippen LogP contribution in [0.15, 0.2) is 52.9 Å². The average molecular weight is 339 g/mol. The van der Waals surface area contributed by atoms with Crippen LogP contribution in [0.2, 0.25) is 0 Å². The van der Waals surface area contributed by atoms with E-state index in [1.165, 1.54) is 0 Å². The molecule has 122 valence electrons. The van der Waals surface area contributed by atoms with Crippen molar-refractivity contribution in [3.8, 4) is 11.5 Å². The number of anilines is 1. The molecule has 0 saturated carbocycles. The van der Waals surface area contributed by atoms with E-state index in [-0.39, 0.29) is 5.91 Å². The number of hydrogen-bond acceptors (Lipinski definition) is 4. The highest BCUT2D eigenvalue weighted by Crippen LogP contribution is 2.25. The van der Waals surface area contributed by atoms with Gasteiger partial charge in [-0.25, -0.2) is 4.98 Å². The van der Waals surface area contributed by atoms with Gasteiger partial charge in [-0.15, -0.1) is 0 Å². The third-order valence-electron chi connectivity index (χ3n) is 3.41. The molecule has 0 aliphatic heterocycles. The van der Waals surface area contributed by atoms with Gasteiger partial charge in [0.2, 0.25) is 11.8 Å². The third-order valence-corrected chi connectivity index (χ3v) is 3.62. The number of oxazole rings is 1. The first-order chi connectivity index (χ1) is 11.7. The van der Waals surface area contributed by atoms with E-state index in [2.05, 4.69) is 15.6 Å². The highest BCUT2D eigenvalue weighted by molar-refractivity contribution is 7.80. The zero-order valence-electron chi connectivity index (χ0n) is 13.2. The van der Waals surface area contributed by atoms with Crippen molar-refractivity contribution in [3.05, 3.63) is 48.5 Å². The predicted octanol–water partition coefficient (Wildman–Crippen LogP) is 4.11. The monoisotopic (exact) mass is 339 g/mol. The summed E-state index contributed by atoms with van der Waals surface area (Å²) >= 11 is 5.12. The normalized spacial score (nSPS) is 10.5. The van der Waals surface area contributed by atoms with Crippen LogP contribution in [-0.2, 0) is 4.79 Å². The third kappa shape index (κ3) is 3.78. The quantitative estimate of drug-likeness (QED) is 0.700. The predicted molar refractivity (Wildman–Crippen MR) is 98.7 cm³/mol. The number of carbonyl (C=O) groups excluding carboxylic acids is 1. The largest absolute Gasteiger partial charge is 0.436 e. The van der Waals surface area contributed by atoms with Crippen LogP contribution in [0.5, 0.6) is 0 Å². The number of carbonyl (C=O) groups is 1. The van der Waals surface area contributed by atoms with E-state index in [0.717, 1.165) is 28.8 Å². The fourth-order valence-electron chi connectivity index (χ4n) is 2.27. The summed E-state index contributed by atoms with van der Waals surface area (Å²) in [6, 6.07) is 15.2. The van der Waals surface area contributed by atoms with Gasteiger partial charge in [0.05, 0.1) is 0 Å². The van der Waals surface area contributed by atoms with Crippen LogP contribution in [0.1, 0.15) is 19.8 Å². The van der Waals surface area contributed by atoms with Crippen molar-refractivity contribution < 1.29 is 9.21 Å². The molecule has 1 amide bonds. The second-order valence-electron chi connectivity index (χ2n) is 5.32. The molecule has 0 spiro atoms. The van der Waals surface area contributed by atoms with Gasteiger partial charge in [-0.05, 0) is 55.0 Å². The zero-order chi connectivity index (χ0) is 16.9. The van der Waals surface area contributed by atoms with Crippen LogP contribution >= 0.6 is 12.2 Å². The van der Waals surface area contributed by atoms with E-state index in [1.54, 1.807) is 0 Å². The summed E-state index contributed by atoms with van der Waals surface area (Å²) in [6.45, 7) is 1.95. The molecule has 3 aromatic rings. The summed E-state index contributed by atoms with van der Waals surface area (Å²) in [5.74, 6) is 0.486. The number of hydrogen-bond donors (Lipinski definition) is 2. The summed E-state index contributed by atoms with van der Waals surface area (Å²) < 4.78 is 5.74. The lowest BCUT2D eigenvalue weighted by Crippen LogP contribution is -2.33. The topological polar surface area (TPSA) is 67.2 Å². The molecule has 5 nitrogen and oxygen atoms in total. The summed E-state index contributed by atoms with van der Waals surface area (Å²) in [5, 5.41) is 5.92. The minimum absolute atomic E-state index is 0.0851. The molecule has 0 fully saturated rings. The average Bonchev–Trinajstić information content (AvgIpc) is 2.99. The van der Waals surface area contributed by atoms with Gasteiger partial charge in [-0.3, -0.25) is 4.79 Å². The van der Waals surface area contributed by atoms with Crippen molar-refractivity contribution in [2.45, 2.75) is 19.8 Å². The molecule has 6 heteroatoms. The fourth-order valence-corrected chi connectivity index (χ4v) is 2.50. The molecule has 0 bridgehead atoms. The second-order valence-corrected chi connectivity index (χ2v) is 5.72. The van der Waals surface area contributed by atoms with Crippen LogP contribution in [0.4, 0.5) is 5.69 Å². The molecule has 0 aliphatic rings. The Bertz CT molecular complexity index is 838. The smallest absolute Gasteiger partial charge is 0.227 e. The number of benzene rings is 2. The van der Waals surface area contributed by atoms with Crippen LogP contribution in [0.25, 0.3) is 22.6 Å². The van der Waals surface area contributed by atoms with Gasteiger partial charge >= 0.3 is 0 Å². The van der Waals surface area contributed by atoms with Crippen molar-refractivity contribution in [2.24, 2.45) is 0 Å². The van der Waals surface area contributed by atoms with E-state index >= 15 is 0 Å². The molecule has 0 radical (unpaired) electrons. The Morgan fingerprint density at radius 3 is 2.62 bits per heavy atom. The maximum atomic E-state index is 11.5. The standard InChI is InChI=1S/C18H17N3O2S/c1-2-5-16(22)21-18(24)19-13-10-8-12(9-11-13)17-20-14-6-3-4-7-15(14)23-17/h3-4,6-11H,2,5H2,1H3,(H2,19,21,22,24). The number of rotatable bonds is 4. The second kappa shape index (κ2) is 7.23.